The predicted molar refractivity (Wildman–Crippen MR) is 77.6 cm³/mol. The van der Waals surface area contributed by atoms with E-state index in [4.69, 9.17) is 9.26 Å². The zero-order chi connectivity index (χ0) is 15.7. The van der Waals surface area contributed by atoms with Gasteiger partial charge in [0.1, 0.15) is 10.6 Å². The lowest BCUT2D eigenvalue weighted by Gasteiger charge is -2.40. The van der Waals surface area contributed by atoms with Crippen LogP contribution in [0.4, 0.5) is 0 Å². The highest BCUT2D eigenvalue weighted by molar-refractivity contribution is 7.89. The number of hydrogen-bond donors (Lipinski definition) is 1. The highest BCUT2D eigenvalue weighted by Gasteiger charge is 2.31. The molecule has 0 radical (unpaired) electrons. The van der Waals surface area contributed by atoms with Gasteiger partial charge in [0.25, 0.3) is 0 Å². The number of aromatic nitrogens is 1. The maximum atomic E-state index is 12.4. The van der Waals surface area contributed by atoms with Crippen LogP contribution < -0.4 is 4.72 Å². The first-order valence-corrected chi connectivity index (χ1v) is 8.48. The summed E-state index contributed by atoms with van der Waals surface area (Å²) in [5.41, 5.74) is 0.0969. The molecule has 0 amide bonds. The van der Waals surface area contributed by atoms with Crippen molar-refractivity contribution in [3.63, 3.8) is 0 Å². The monoisotopic (exact) mass is 317 g/mol. The summed E-state index contributed by atoms with van der Waals surface area (Å²) in [5, 5.41) is 3.70. The van der Waals surface area contributed by atoms with Crippen LogP contribution in [0.3, 0.4) is 0 Å². The Morgan fingerprint density at radius 3 is 2.43 bits per heavy atom. The highest BCUT2D eigenvalue weighted by atomic mass is 32.2. The van der Waals surface area contributed by atoms with E-state index in [2.05, 4.69) is 14.8 Å². The Hall–Kier alpha value is -0.960. The van der Waals surface area contributed by atoms with Crippen LogP contribution in [0.5, 0.6) is 0 Å². The van der Waals surface area contributed by atoms with Crippen LogP contribution in [-0.2, 0) is 14.8 Å². The molecule has 0 unspecified atom stereocenters. The largest absolute Gasteiger partial charge is 0.379 e. The van der Waals surface area contributed by atoms with E-state index >= 15 is 0 Å². The number of ether oxygens (including phenoxy) is 1. The zero-order valence-corrected chi connectivity index (χ0v) is 13.8. The third-order valence-electron chi connectivity index (χ3n) is 3.80. The highest BCUT2D eigenvalue weighted by Crippen LogP contribution is 2.20. The molecule has 120 valence electrons. The molecular formula is C13H23N3O4S. The minimum atomic E-state index is -3.61. The molecule has 1 N–H and O–H groups in total. The van der Waals surface area contributed by atoms with Crippen molar-refractivity contribution < 1.29 is 17.7 Å². The molecule has 1 aromatic heterocycles. The van der Waals surface area contributed by atoms with E-state index in [1.165, 1.54) is 0 Å². The molecule has 7 nitrogen and oxygen atoms in total. The zero-order valence-electron chi connectivity index (χ0n) is 13.0. The summed E-state index contributed by atoms with van der Waals surface area (Å²) in [6.07, 6.45) is 0. The number of aryl methyl sites for hydroxylation is 2. The minimum absolute atomic E-state index is 0.139. The average molecular weight is 317 g/mol. The Morgan fingerprint density at radius 2 is 1.90 bits per heavy atom. The lowest BCUT2D eigenvalue weighted by atomic mass is 10.0. The summed E-state index contributed by atoms with van der Waals surface area (Å²) in [6.45, 7) is 10.6. The molecule has 0 bridgehead atoms. The van der Waals surface area contributed by atoms with Crippen LogP contribution in [0, 0.1) is 13.8 Å². The van der Waals surface area contributed by atoms with Crippen LogP contribution in [0.1, 0.15) is 25.3 Å². The van der Waals surface area contributed by atoms with E-state index < -0.39 is 10.0 Å². The number of nitrogens with zero attached hydrogens (tertiary/aromatic N) is 2. The van der Waals surface area contributed by atoms with Gasteiger partial charge in [0.15, 0.2) is 5.76 Å². The SMILES string of the molecule is Cc1noc(C)c1S(=O)(=O)NCC(C)(C)N1CCOCC1. The molecule has 2 rings (SSSR count). The van der Waals surface area contributed by atoms with Crippen molar-refractivity contribution in [2.24, 2.45) is 0 Å². The van der Waals surface area contributed by atoms with Gasteiger partial charge in [-0.25, -0.2) is 13.1 Å². The van der Waals surface area contributed by atoms with E-state index in [-0.39, 0.29) is 10.4 Å². The Kier molecular flexibility index (Phi) is 4.72. The molecule has 8 heteroatoms. The molecule has 0 aliphatic carbocycles. The molecule has 0 aromatic carbocycles. The van der Waals surface area contributed by atoms with Crippen LogP contribution in [0.15, 0.2) is 9.42 Å². The summed E-state index contributed by atoms with van der Waals surface area (Å²) in [5.74, 6) is 0.309. The van der Waals surface area contributed by atoms with E-state index in [9.17, 15) is 8.42 Å². The van der Waals surface area contributed by atoms with Crippen molar-refractivity contribution >= 4 is 10.0 Å². The fraction of sp³-hybridized carbons (Fsp3) is 0.769. The van der Waals surface area contributed by atoms with Gasteiger partial charge in [-0.15, -0.1) is 0 Å². The Bertz CT molecular complexity index is 569. The molecule has 1 aromatic rings. The van der Waals surface area contributed by atoms with Gasteiger partial charge in [0.2, 0.25) is 10.0 Å². The van der Waals surface area contributed by atoms with Crippen molar-refractivity contribution in [2.45, 2.75) is 38.1 Å². The van der Waals surface area contributed by atoms with Gasteiger partial charge < -0.3 is 9.26 Å². The smallest absolute Gasteiger partial charge is 0.246 e. The number of hydrogen-bond acceptors (Lipinski definition) is 6. The molecule has 0 atom stereocenters. The molecule has 1 saturated heterocycles. The van der Waals surface area contributed by atoms with E-state index in [1.54, 1.807) is 13.8 Å². The molecule has 1 aliphatic rings. The van der Waals surface area contributed by atoms with Gasteiger partial charge in [-0.2, -0.15) is 0 Å². The van der Waals surface area contributed by atoms with Gasteiger partial charge in [-0.3, -0.25) is 4.90 Å². The molecule has 1 aliphatic heterocycles. The topological polar surface area (TPSA) is 84.7 Å². The summed E-state index contributed by atoms with van der Waals surface area (Å²) >= 11 is 0. The van der Waals surface area contributed by atoms with Crippen molar-refractivity contribution in [2.75, 3.05) is 32.8 Å². The lowest BCUT2D eigenvalue weighted by Crippen LogP contribution is -2.55. The second kappa shape index (κ2) is 6.04. The summed E-state index contributed by atoms with van der Waals surface area (Å²) in [6, 6.07) is 0. The molecule has 0 spiro atoms. The van der Waals surface area contributed by atoms with Gasteiger partial charge >= 0.3 is 0 Å². The van der Waals surface area contributed by atoms with E-state index in [1.807, 2.05) is 13.8 Å². The summed E-state index contributed by atoms with van der Waals surface area (Å²) < 4.78 is 37.8. The van der Waals surface area contributed by atoms with Gasteiger partial charge in [-0.1, -0.05) is 5.16 Å². The first-order valence-electron chi connectivity index (χ1n) is 6.99. The third kappa shape index (κ3) is 3.63. The van der Waals surface area contributed by atoms with Crippen LogP contribution in [-0.4, -0.2) is 56.9 Å². The fourth-order valence-electron chi connectivity index (χ4n) is 2.48. The summed E-state index contributed by atoms with van der Waals surface area (Å²) in [7, 11) is -3.61. The first-order chi connectivity index (χ1) is 9.74. The van der Waals surface area contributed by atoms with Crippen LogP contribution >= 0.6 is 0 Å². The van der Waals surface area contributed by atoms with E-state index in [0.717, 1.165) is 13.1 Å². The number of rotatable bonds is 5. The van der Waals surface area contributed by atoms with Crippen molar-refractivity contribution in [3.8, 4) is 0 Å². The Labute approximate surface area is 125 Å². The maximum Gasteiger partial charge on any atom is 0.246 e. The van der Waals surface area contributed by atoms with Gasteiger partial charge in [0, 0.05) is 25.2 Å². The minimum Gasteiger partial charge on any atom is -0.379 e. The van der Waals surface area contributed by atoms with Crippen molar-refractivity contribution in [3.05, 3.63) is 11.5 Å². The van der Waals surface area contributed by atoms with Crippen molar-refractivity contribution in [1.82, 2.24) is 14.8 Å². The Morgan fingerprint density at radius 1 is 1.29 bits per heavy atom. The first kappa shape index (κ1) is 16.4. The fourth-order valence-corrected chi connectivity index (χ4v) is 4.01. The molecular weight excluding hydrogens is 294 g/mol. The molecule has 0 saturated carbocycles. The van der Waals surface area contributed by atoms with Crippen molar-refractivity contribution in [1.29, 1.82) is 0 Å². The van der Waals surface area contributed by atoms with Gasteiger partial charge in [0.05, 0.1) is 13.2 Å². The number of sulfonamides is 1. The average Bonchev–Trinajstić information content (AvgIpc) is 2.78. The standard InChI is InChI=1S/C13H23N3O4S/c1-10-12(11(2)20-15-10)21(17,18)14-9-13(3,4)16-5-7-19-8-6-16/h14H,5-9H2,1-4H3. The summed E-state index contributed by atoms with van der Waals surface area (Å²) in [4.78, 5) is 2.37. The van der Waals surface area contributed by atoms with Crippen LogP contribution in [0.2, 0.25) is 0 Å². The molecule has 2 heterocycles. The molecule has 1 fully saturated rings. The van der Waals surface area contributed by atoms with Gasteiger partial charge in [-0.05, 0) is 27.7 Å². The molecule has 21 heavy (non-hydrogen) atoms. The normalized spacial score (nSPS) is 18.1. The maximum absolute atomic E-state index is 12.4. The number of morpholine rings is 1. The second-order valence-electron chi connectivity index (χ2n) is 5.89. The second-order valence-corrected chi connectivity index (χ2v) is 7.59. The quantitative estimate of drug-likeness (QED) is 0.860. The van der Waals surface area contributed by atoms with Crippen LogP contribution in [0.25, 0.3) is 0 Å². The third-order valence-corrected chi connectivity index (χ3v) is 5.44. The number of nitrogens with one attached hydrogen (secondary N) is 1. The Balaban J connectivity index is 2.07. The lowest BCUT2D eigenvalue weighted by molar-refractivity contribution is -0.00803. The van der Waals surface area contributed by atoms with E-state index in [0.29, 0.717) is 31.2 Å². The predicted octanol–water partition coefficient (Wildman–Crippen LogP) is 0.681.